The van der Waals surface area contributed by atoms with Crippen LogP contribution in [0.1, 0.15) is 111 Å². The van der Waals surface area contributed by atoms with Gasteiger partial charge in [0.1, 0.15) is 18.3 Å². The van der Waals surface area contributed by atoms with E-state index in [1.807, 2.05) is 20.8 Å². The molecule has 0 unspecified atom stereocenters. The molecule has 5 nitrogen and oxygen atoms in total. The summed E-state index contributed by atoms with van der Waals surface area (Å²) in [6.45, 7) is 8.53. The number of ether oxygens (including phenoxy) is 4. The highest BCUT2D eigenvalue weighted by molar-refractivity contribution is 4.94. The molecule has 2 aliphatic heterocycles. The average Bonchev–Trinajstić information content (AvgIpc) is 3.01. The zero-order chi connectivity index (χ0) is 21.1. The second kappa shape index (κ2) is 13.3. The maximum Gasteiger partial charge on any atom is 0.186 e. The van der Waals surface area contributed by atoms with E-state index in [4.69, 9.17) is 18.9 Å². The van der Waals surface area contributed by atoms with Crippen LogP contribution in [0.4, 0.5) is 0 Å². The molecule has 2 saturated heterocycles. The number of hydrogen-bond acceptors (Lipinski definition) is 5. The van der Waals surface area contributed by atoms with Crippen LogP contribution in [0.25, 0.3) is 0 Å². The van der Waals surface area contributed by atoms with Gasteiger partial charge in [0.2, 0.25) is 0 Å². The molecule has 0 aromatic rings. The van der Waals surface area contributed by atoms with E-state index in [1.165, 1.54) is 77.0 Å². The first-order valence-corrected chi connectivity index (χ1v) is 12.3. The fourth-order valence-corrected chi connectivity index (χ4v) is 4.38. The first kappa shape index (κ1) is 25.1. The average molecular weight is 415 g/mol. The second-order valence-electron chi connectivity index (χ2n) is 9.38. The lowest BCUT2D eigenvalue weighted by Crippen LogP contribution is -2.56. The molecular weight excluding hydrogens is 368 g/mol. The van der Waals surface area contributed by atoms with Gasteiger partial charge in [0, 0.05) is 6.61 Å². The molecule has 5 heteroatoms. The molecule has 2 heterocycles. The van der Waals surface area contributed by atoms with Crippen molar-refractivity contribution in [3.05, 3.63) is 0 Å². The number of fused-ring (bicyclic) bond motifs is 1. The Morgan fingerprint density at radius 1 is 0.759 bits per heavy atom. The van der Waals surface area contributed by atoms with Crippen molar-refractivity contribution in [3.63, 3.8) is 0 Å². The lowest BCUT2D eigenvalue weighted by atomic mass is 10.00. The molecule has 2 rings (SSSR count). The third kappa shape index (κ3) is 8.82. The largest absolute Gasteiger partial charge is 0.388 e. The predicted octanol–water partition coefficient (Wildman–Crippen LogP) is 5.72. The molecule has 0 radical (unpaired) electrons. The van der Waals surface area contributed by atoms with Crippen molar-refractivity contribution in [1.82, 2.24) is 0 Å². The van der Waals surface area contributed by atoms with E-state index in [-0.39, 0.29) is 18.3 Å². The van der Waals surface area contributed by atoms with E-state index in [1.54, 1.807) is 0 Å². The van der Waals surface area contributed by atoms with Crippen LogP contribution < -0.4 is 0 Å². The van der Waals surface area contributed by atoms with Gasteiger partial charge in [-0.3, -0.25) is 0 Å². The number of rotatable bonds is 15. The summed E-state index contributed by atoms with van der Waals surface area (Å²) in [4.78, 5) is 0. The summed E-state index contributed by atoms with van der Waals surface area (Å²) in [5.74, 6) is -0.707. The molecule has 172 valence electrons. The topological polar surface area (TPSA) is 57.2 Å². The van der Waals surface area contributed by atoms with Crippen molar-refractivity contribution in [2.45, 2.75) is 148 Å². The van der Waals surface area contributed by atoms with Crippen LogP contribution in [0.15, 0.2) is 0 Å². The Morgan fingerprint density at radius 3 is 1.79 bits per heavy atom. The molecule has 0 amide bonds. The normalized spacial score (nSPS) is 31.1. The molecule has 0 bridgehead atoms. The van der Waals surface area contributed by atoms with Gasteiger partial charge in [-0.2, -0.15) is 0 Å². The SMILES string of the molecule is CCCCCCCCCCCCCCCO[C@@H]1O[C@@H](C)[C@H](O)[C@H]2OC(C)(C)O[C@@H]12. The lowest BCUT2D eigenvalue weighted by Gasteiger charge is -2.38. The van der Waals surface area contributed by atoms with Crippen LogP contribution in [0.2, 0.25) is 0 Å². The number of hydrogen-bond donors (Lipinski definition) is 1. The molecule has 0 aromatic heterocycles. The Bertz CT molecular complexity index is 427. The summed E-state index contributed by atoms with van der Waals surface area (Å²) >= 11 is 0. The molecule has 1 N–H and O–H groups in total. The molecule has 0 spiro atoms. The lowest BCUT2D eigenvalue weighted by molar-refractivity contribution is -0.271. The van der Waals surface area contributed by atoms with Crippen LogP contribution in [-0.2, 0) is 18.9 Å². The Hall–Kier alpha value is -0.200. The first-order chi connectivity index (χ1) is 13.9. The third-order valence-electron chi connectivity index (χ3n) is 6.13. The third-order valence-corrected chi connectivity index (χ3v) is 6.13. The minimum absolute atomic E-state index is 0.314. The molecule has 0 aliphatic carbocycles. The minimum atomic E-state index is -0.707. The quantitative estimate of drug-likeness (QED) is 0.347. The highest BCUT2D eigenvalue weighted by Crippen LogP contribution is 2.37. The Kier molecular flexibility index (Phi) is 11.5. The van der Waals surface area contributed by atoms with E-state index >= 15 is 0 Å². The Morgan fingerprint density at radius 2 is 1.24 bits per heavy atom. The zero-order valence-corrected chi connectivity index (χ0v) is 19.4. The van der Waals surface area contributed by atoms with Crippen LogP contribution in [-0.4, -0.2) is 48.2 Å². The second-order valence-corrected chi connectivity index (χ2v) is 9.38. The zero-order valence-electron chi connectivity index (χ0n) is 19.4. The van der Waals surface area contributed by atoms with E-state index in [9.17, 15) is 5.11 Å². The van der Waals surface area contributed by atoms with Gasteiger partial charge in [0.25, 0.3) is 0 Å². The van der Waals surface area contributed by atoms with Gasteiger partial charge in [-0.25, -0.2) is 0 Å². The van der Waals surface area contributed by atoms with Crippen LogP contribution in [0, 0.1) is 0 Å². The first-order valence-electron chi connectivity index (χ1n) is 12.3. The monoisotopic (exact) mass is 414 g/mol. The summed E-state index contributed by atoms with van der Waals surface area (Å²) < 4.78 is 23.6. The Balaban J connectivity index is 1.46. The fourth-order valence-electron chi connectivity index (χ4n) is 4.38. The number of unbranched alkanes of at least 4 members (excludes halogenated alkanes) is 12. The number of aliphatic hydroxyl groups excluding tert-OH is 1. The van der Waals surface area contributed by atoms with Gasteiger partial charge in [-0.05, 0) is 27.2 Å². The van der Waals surface area contributed by atoms with Gasteiger partial charge in [-0.1, -0.05) is 84.0 Å². The minimum Gasteiger partial charge on any atom is -0.388 e. The van der Waals surface area contributed by atoms with Crippen molar-refractivity contribution in [1.29, 1.82) is 0 Å². The van der Waals surface area contributed by atoms with Crippen molar-refractivity contribution in [3.8, 4) is 0 Å². The summed E-state index contributed by atoms with van der Waals surface area (Å²) in [6, 6.07) is 0. The molecule has 2 fully saturated rings. The van der Waals surface area contributed by atoms with Gasteiger partial charge < -0.3 is 24.1 Å². The van der Waals surface area contributed by atoms with E-state index < -0.39 is 18.2 Å². The summed E-state index contributed by atoms with van der Waals surface area (Å²) in [6.07, 6.45) is 15.2. The highest BCUT2D eigenvalue weighted by atomic mass is 16.8. The van der Waals surface area contributed by atoms with E-state index in [0.717, 1.165) is 6.42 Å². The van der Waals surface area contributed by atoms with E-state index in [0.29, 0.717) is 6.61 Å². The predicted molar refractivity (Wildman–Crippen MR) is 116 cm³/mol. The molecular formula is C24H46O5. The summed E-state index contributed by atoms with van der Waals surface area (Å²) in [5.41, 5.74) is 0. The maximum absolute atomic E-state index is 10.3. The molecule has 2 aliphatic rings. The van der Waals surface area contributed by atoms with Crippen LogP contribution >= 0.6 is 0 Å². The smallest absolute Gasteiger partial charge is 0.186 e. The van der Waals surface area contributed by atoms with Crippen LogP contribution in [0.5, 0.6) is 0 Å². The van der Waals surface area contributed by atoms with Crippen LogP contribution in [0.3, 0.4) is 0 Å². The highest BCUT2D eigenvalue weighted by Gasteiger charge is 2.54. The number of aliphatic hydroxyl groups is 1. The molecule has 0 aromatic carbocycles. The van der Waals surface area contributed by atoms with Gasteiger partial charge >= 0.3 is 0 Å². The summed E-state index contributed by atoms with van der Waals surface area (Å²) in [7, 11) is 0. The molecule has 0 saturated carbocycles. The van der Waals surface area contributed by atoms with Gasteiger partial charge in [0.05, 0.1) is 6.10 Å². The van der Waals surface area contributed by atoms with Gasteiger partial charge in [-0.15, -0.1) is 0 Å². The van der Waals surface area contributed by atoms with Crippen molar-refractivity contribution in [2.24, 2.45) is 0 Å². The maximum atomic E-state index is 10.3. The van der Waals surface area contributed by atoms with Crippen molar-refractivity contribution < 1.29 is 24.1 Å². The molecule has 5 atom stereocenters. The van der Waals surface area contributed by atoms with E-state index in [2.05, 4.69) is 6.92 Å². The standard InChI is InChI=1S/C24H46O5/c1-5-6-7-8-9-10-11-12-13-14-15-16-17-18-26-23-22-21(20(25)19(2)27-23)28-24(3,4)29-22/h19-23,25H,5-18H2,1-4H3/t19-,20-,21+,22+,23+/m0/s1. The molecule has 29 heavy (non-hydrogen) atoms. The van der Waals surface area contributed by atoms with Crippen molar-refractivity contribution in [2.75, 3.05) is 6.61 Å². The summed E-state index contributed by atoms with van der Waals surface area (Å²) in [5, 5.41) is 10.3. The fraction of sp³-hybridized carbons (Fsp3) is 1.00. The van der Waals surface area contributed by atoms with Crippen molar-refractivity contribution >= 4 is 0 Å². The Labute approximate surface area is 178 Å². The van der Waals surface area contributed by atoms with Gasteiger partial charge in [0.15, 0.2) is 12.1 Å².